The Labute approximate surface area is 102 Å². The molecule has 0 N–H and O–H groups in total. The van der Waals surface area contributed by atoms with Crippen LogP contribution in [0.25, 0.3) is 0 Å². The van der Waals surface area contributed by atoms with E-state index in [1.165, 1.54) is 0 Å². The fourth-order valence-electron chi connectivity index (χ4n) is 3.54. The number of hydrogen-bond donors (Lipinski definition) is 0. The van der Waals surface area contributed by atoms with Crippen LogP contribution in [0.2, 0.25) is 0 Å². The molecule has 0 heterocycles. The molecule has 2 saturated carbocycles. The molecule has 6 heteroatoms. The monoisotopic (exact) mass is 274 g/mol. The maximum absolute atomic E-state index is 12.8. The summed E-state index contributed by atoms with van der Waals surface area (Å²) >= 11 is 0. The average Bonchev–Trinajstić information content (AvgIpc) is 2.52. The van der Waals surface area contributed by atoms with Crippen LogP contribution in [-0.4, -0.2) is 12.4 Å². The van der Waals surface area contributed by atoms with Gasteiger partial charge in [0.05, 0.1) is 11.8 Å². The van der Waals surface area contributed by atoms with Crippen molar-refractivity contribution >= 4 is 0 Å². The molecule has 0 spiro atoms. The summed E-state index contributed by atoms with van der Waals surface area (Å²) in [6.07, 6.45) is -7.92. The van der Waals surface area contributed by atoms with Crippen molar-refractivity contribution in [3.05, 3.63) is 0 Å². The molecule has 0 saturated heterocycles. The fourth-order valence-corrected chi connectivity index (χ4v) is 3.54. The summed E-state index contributed by atoms with van der Waals surface area (Å²) in [5, 5.41) is 0. The Hall–Kier alpha value is -0.420. The molecule has 0 aliphatic heterocycles. The lowest BCUT2D eigenvalue weighted by Gasteiger charge is -2.24. The van der Waals surface area contributed by atoms with Crippen molar-refractivity contribution in [3.63, 3.8) is 0 Å². The van der Waals surface area contributed by atoms with Crippen LogP contribution in [0.15, 0.2) is 0 Å². The molecule has 18 heavy (non-hydrogen) atoms. The van der Waals surface area contributed by atoms with Gasteiger partial charge in [-0.25, -0.2) is 0 Å². The quantitative estimate of drug-likeness (QED) is 0.549. The van der Waals surface area contributed by atoms with Crippen molar-refractivity contribution in [2.24, 2.45) is 23.7 Å². The van der Waals surface area contributed by atoms with Gasteiger partial charge in [0, 0.05) is 0 Å². The molecular weight excluding hydrogens is 258 g/mol. The Morgan fingerprint density at radius 2 is 1.00 bits per heavy atom. The number of hydrogen-bond acceptors (Lipinski definition) is 0. The zero-order valence-corrected chi connectivity index (χ0v) is 9.82. The second kappa shape index (κ2) is 4.60. The van der Waals surface area contributed by atoms with E-state index in [1.807, 2.05) is 0 Å². The van der Waals surface area contributed by atoms with Gasteiger partial charge < -0.3 is 0 Å². The highest BCUT2D eigenvalue weighted by Gasteiger charge is 2.52. The van der Waals surface area contributed by atoms with Crippen LogP contribution in [0.3, 0.4) is 0 Å². The molecule has 0 amide bonds. The van der Waals surface area contributed by atoms with Crippen molar-refractivity contribution in [2.75, 3.05) is 0 Å². The molecule has 0 bridgehead atoms. The summed E-state index contributed by atoms with van der Waals surface area (Å²) < 4.78 is 76.6. The largest absolute Gasteiger partial charge is 0.391 e. The summed E-state index contributed by atoms with van der Waals surface area (Å²) in [5.74, 6) is -3.89. The second-order valence-electron chi connectivity index (χ2n) is 5.64. The smallest absolute Gasteiger partial charge is 0.171 e. The molecule has 0 aromatic heterocycles. The van der Waals surface area contributed by atoms with Gasteiger partial charge in [0.2, 0.25) is 0 Å². The molecule has 4 atom stereocenters. The molecule has 2 aliphatic rings. The van der Waals surface area contributed by atoms with Crippen LogP contribution in [0.5, 0.6) is 0 Å². The average molecular weight is 274 g/mol. The lowest BCUT2D eigenvalue weighted by molar-refractivity contribution is -0.210. The third-order valence-corrected chi connectivity index (χ3v) is 4.49. The molecular formula is C12H16F6. The van der Waals surface area contributed by atoms with Crippen LogP contribution < -0.4 is 0 Å². The van der Waals surface area contributed by atoms with Crippen molar-refractivity contribution in [1.29, 1.82) is 0 Å². The minimum absolute atomic E-state index is 0.110. The van der Waals surface area contributed by atoms with Crippen molar-refractivity contribution < 1.29 is 26.3 Å². The van der Waals surface area contributed by atoms with Gasteiger partial charge in [-0.2, -0.15) is 26.3 Å². The summed E-state index contributed by atoms with van der Waals surface area (Å²) in [6, 6.07) is 0. The van der Waals surface area contributed by atoms with E-state index in [2.05, 4.69) is 0 Å². The summed E-state index contributed by atoms with van der Waals surface area (Å²) in [6.45, 7) is 0. The highest BCUT2D eigenvalue weighted by molar-refractivity contribution is 4.90. The zero-order valence-electron chi connectivity index (χ0n) is 9.82. The van der Waals surface area contributed by atoms with Gasteiger partial charge in [-0.05, 0) is 31.1 Å². The lowest BCUT2D eigenvalue weighted by Crippen LogP contribution is -2.30. The van der Waals surface area contributed by atoms with E-state index >= 15 is 0 Å². The second-order valence-corrected chi connectivity index (χ2v) is 5.64. The number of alkyl halides is 6. The SMILES string of the molecule is FC(F)(F)C1CC2CCCC2CC(C(F)(F)F)C1. The first-order valence-electron chi connectivity index (χ1n) is 6.31. The first kappa shape index (κ1) is 14.0. The maximum atomic E-state index is 12.8. The summed E-state index contributed by atoms with van der Waals surface area (Å²) in [7, 11) is 0. The Morgan fingerprint density at radius 3 is 1.33 bits per heavy atom. The van der Waals surface area contributed by atoms with Crippen LogP contribution >= 0.6 is 0 Å². The van der Waals surface area contributed by atoms with Gasteiger partial charge in [0.25, 0.3) is 0 Å². The van der Waals surface area contributed by atoms with Gasteiger partial charge in [-0.15, -0.1) is 0 Å². The minimum Gasteiger partial charge on any atom is -0.171 e. The number of halogens is 6. The van der Waals surface area contributed by atoms with Gasteiger partial charge in [-0.1, -0.05) is 19.3 Å². The van der Waals surface area contributed by atoms with E-state index in [1.54, 1.807) is 0 Å². The Morgan fingerprint density at radius 1 is 0.611 bits per heavy atom. The molecule has 0 aromatic rings. The Kier molecular flexibility index (Phi) is 3.58. The van der Waals surface area contributed by atoms with E-state index < -0.39 is 30.6 Å². The van der Waals surface area contributed by atoms with E-state index in [4.69, 9.17) is 0 Å². The van der Waals surface area contributed by atoms with Gasteiger partial charge in [0.15, 0.2) is 0 Å². The van der Waals surface area contributed by atoms with Gasteiger partial charge in [0.1, 0.15) is 0 Å². The molecule has 2 aliphatic carbocycles. The molecule has 2 rings (SSSR count). The van der Waals surface area contributed by atoms with E-state index in [0.717, 1.165) is 6.42 Å². The van der Waals surface area contributed by atoms with Crippen LogP contribution in [0.4, 0.5) is 26.3 Å². The first-order chi connectivity index (χ1) is 8.18. The molecule has 4 unspecified atom stereocenters. The normalized spacial score (nSPS) is 38.3. The Bertz CT molecular complexity index is 264. The molecule has 0 nitrogen and oxygen atoms in total. The first-order valence-corrected chi connectivity index (χ1v) is 6.31. The van der Waals surface area contributed by atoms with E-state index in [0.29, 0.717) is 12.8 Å². The summed E-state index contributed by atoms with van der Waals surface area (Å²) in [5.41, 5.74) is 0. The molecule has 0 aromatic carbocycles. The van der Waals surface area contributed by atoms with Crippen LogP contribution in [-0.2, 0) is 0 Å². The Balaban J connectivity index is 2.19. The minimum atomic E-state index is -4.50. The predicted molar refractivity (Wildman–Crippen MR) is 53.8 cm³/mol. The number of fused-ring (bicyclic) bond motifs is 1. The van der Waals surface area contributed by atoms with E-state index in [-0.39, 0.29) is 24.7 Å². The fraction of sp³-hybridized carbons (Fsp3) is 1.00. The van der Waals surface area contributed by atoms with Gasteiger partial charge in [-0.3, -0.25) is 0 Å². The highest BCUT2D eigenvalue weighted by atomic mass is 19.4. The van der Waals surface area contributed by atoms with Crippen LogP contribution in [0, 0.1) is 23.7 Å². The lowest BCUT2D eigenvalue weighted by atomic mass is 9.88. The topological polar surface area (TPSA) is 0 Å². The molecule has 2 fully saturated rings. The standard InChI is InChI=1S/C12H16F6/c13-11(14,15)9-4-7-2-1-3-8(7)5-10(6-9)12(16,17)18/h7-10H,1-6H2. The van der Waals surface area contributed by atoms with Crippen molar-refractivity contribution in [3.8, 4) is 0 Å². The molecule has 0 radical (unpaired) electrons. The van der Waals surface area contributed by atoms with Crippen molar-refractivity contribution in [1.82, 2.24) is 0 Å². The predicted octanol–water partition coefficient (Wildman–Crippen LogP) is 4.94. The maximum Gasteiger partial charge on any atom is 0.391 e. The third-order valence-electron chi connectivity index (χ3n) is 4.49. The zero-order chi connectivity index (χ0) is 13.6. The summed E-state index contributed by atoms with van der Waals surface area (Å²) in [4.78, 5) is 0. The highest BCUT2D eigenvalue weighted by Crippen LogP contribution is 2.51. The van der Waals surface area contributed by atoms with Crippen LogP contribution in [0.1, 0.15) is 38.5 Å². The van der Waals surface area contributed by atoms with Crippen molar-refractivity contribution in [2.45, 2.75) is 50.9 Å². The van der Waals surface area contributed by atoms with Gasteiger partial charge >= 0.3 is 12.4 Å². The molecule has 106 valence electrons. The third kappa shape index (κ3) is 2.94. The number of rotatable bonds is 0. The van der Waals surface area contributed by atoms with E-state index in [9.17, 15) is 26.3 Å².